The van der Waals surface area contributed by atoms with E-state index < -0.39 is 5.51 Å². The minimum Gasteiger partial charge on any atom is -0.394 e. The van der Waals surface area contributed by atoms with E-state index in [0.717, 1.165) is 5.56 Å². The molecule has 6 nitrogen and oxygen atoms in total. The molecule has 0 aliphatic carbocycles. The normalized spacial score (nSPS) is 12.4. The summed E-state index contributed by atoms with van der Waals surface area (Å²) in [5.41, 5.74) is -2.59. The first kappa shape index (κ1) is 20.9. The van der Waals surface area contributed by atoms with Crippen LogP contribution in [0.25, 0.3) is 11.3 Å². The Morgan fingerprint density at radius 1 is 1.14 bits per heavy atom. The van der Waals surface area contributed by atoms with Crippen LogP contribution in [0.4, 0.5) is 30.6 Å². The third kappa shape index (κ3) is 6.33. The molecule has 3 rings (SSSR count). The zero-order valence-electron chi connectivity index (χ0n) is 15.3. The molecule has 0 amide bonds. The molecule has 29 heavy (non-hydrogen) atoms. The van der Waals surface area contributed by atoms with Crippen molar-refractivity contribution in [2.45, 2.75) is 23.4 Å². The summed E-state index contributed by atoms with van der Waals surface area (Å²) in [7, 11) is 0. The van der Waals surface area contributed by atoms with Gasteiger partial charge >= 0.3 is 5.51 Å². The first-order valence-electron chi connectivity index (χ1n) is 8.62. The number of hydrogen-bond donors (Lipinski definition) is 3. The lowest BCUT2D eigenvalue weighted by molar-refractivity contribution is -0.0328. The number of rotatable bonds is 7. The number of nitrogens with one attached hydrogen (secondary N) is 2. The van der Waals surface area contributed by atoms with Gasteiger partial charge in [-0.1, -0.05) is 6.07 Å². The summed E-state index contributed by atoms with van der Waals surface area (Å²) in [5.74, 6) is 0.664. The Bertz CT molecular complexity index is 956. The highest BCUT2D eigenvalue weighted by Crippen LogP contribution is 2.37. The van der Waals surface area contributed by atoms with E-state index in [-0.39, 0.29) is 35.3 Å². The van der Waals surface area contributed by atoms with Gasteiger partial charge in [0.1, 0.15) is 5.82 Å². The minimum atomic E-state index is -4.36. The summed E-state index contributed by atoms with van der Waals surface area (Å²) in [6.07, 6.45) is 3.28. The lowest BCUT2D eigenvalue weighted by Crippen LogP contribution is -2.21. The Kier molecular flexibility index (Phi) is 6.55. The number of halogens is 3. The van der Waals surface area contributed by atoms with Gasteiger partial charge in [0.05, 0.1) is 12.3 Å². The summed E-state index contributed by atoms with van der Waals surface area (Å²) < 4.78 is 37.9. The van der Waals surface area contributed by atoms with Gasteiger partial charge in [-0.05, 0) is 49.0 Å². The van der Waals surface area contributed by atoms with E-state index in [2.05, 4.69) is 25.6 Å². The average molecular weight is 421 g/mol. The maximum atomic E-state index is 12.6. The van der Waals surface area contributed by atoms with Crippen LogP contribution in [0.3, 0.4) is 0 Å². The molecule has 10 heteroatoms. The van der Waals surface area contributed by atoms with Crippen LogP contribution < -0.4 is 10.6 Å². The van der Waals surface area contributed by atoms with Crippen molar-refractivity contribution < 1.29 is 18.3 Å². The quantitative estimate of drug-likeness (QED) is 0.478. The summed E-state index contributed by atoms with van der Waals surface area (Å²) in [4.78, 5) is 12.9. The van der Waals surface area contributed by atoms with Crippen LogP contribution in [0.5, 0.6) is 0 Å². The highest BCUT2D eigenvalue weighted by molar-refractivity contribution is 8.00. The predicted octanol–water partition coefficient (Wildman–Crippen LogP) is 4.69. The average Bonchev–Trinajstić information content (AvgIpc) is 2.67. The SMILES string of the molecule is C[C@H](CO)Nc1nc(Nc2cccc(SC(F)(F)F)c2)cc(-c2cccnc2)n1. The second kappa shape index (κ2) is 9.10. The second-order valence-corrected chi connectivity index (χ2v) is 7.27. The van der Waals surface area contributed by atoms with Crippen LogP contribution in [0.15, 0.2) is 59.8 Å². The van der Waals surface area contributed by atoms with E-state index in [4.69, 9.17) is 0 Å². The van der Waals surface area contributed by atoms with Gasteiger partial charge in [-0.2, -0.15) is 18.2 Å². The molecule has 0 unspecified atom stereocenters. The van der Waals surface area contributed by atoms with E-state index >= 15 is 0 Å². The molecule has 1 aromatic carbocycles. The molecule has 0 aliphatic heterocycles. The standard InChI is InChI=1S/C19H18F3N5OS/c1-12(11-28)24-18-26-16(13-4-3-7-23-10-13)9-17(27-18)25-14-5-2-6-15(8-14)29-19(20,21)22/h2-10,12,28H,11H2,1H3,(H2,24,25,26,27)/t12-/m1/s1. The maximum absolute atomic E-state index is 12.6. The summed E-state index contributed by atoms with van der Waals surface area (Å²) >= 11 is -0.181. The fourth-order valence-corrected chi connectivity index (χ4v) is 3.02. The van der Waals surface area contributed by atoms with Gasteiger partial charge in [-0.3, -0.25) is 4.98 Å². The number of pyridine rings is 1. The molecule has 3 aromatic rings. The van der Waals surface area contributed by atoms with Gasteiger partial charge in [0.15, 0.2) is 0 Å². The van der Waals surface area contributed by atoms with Gasteiger partial charge < -0.3 is 15.7 Å². The third-order valence-electron chi connectivity index (χ3n) is 3.67. The number of aliphatic hydroxyl groups is 1. The first-order valence-corrected chi connectivity index (χ1v) is 9.44. The van der Waals surface area contributed by atoms with Crippen molar-refractivity contribution in [3.63, 3.8) is 0 Å². The molecular weight excluding hydrogens is 403 g/mol. The van der Waals surface area contributed by atoms with Gasteiger partial charge in [0.25, 0.3) is 0 Å². The van der Waals surface area contributed by atoms with Crippen molar-refractivity contribution in [2.75, 3.05) is 17.2 Å². The molecule has 152 valence electrons. The van der Waals surface area contributed by atoms with Crippen molar-refractivity contribution in [3.05, 3.63) is 54.9 Å². The smallest absolute Gasteiger partial charge is 0.394 e. The van der Waals surface area contributed by atoms with E-state index in [0.29, 0.717) is 17.2 Å². The van der Waals surface area contributed by atoms with Crippen LogP contribution in [0.2, 0.25) is 0 Å². The van der Waals surface area contributed by atoms with Crippen molar-refractivity contribution in [1.29, 1.82) is 0 Å². The van der Waals surface area contributed by atoms with Crippen LogP contribution in [-0.2, 0) is 0 Å². The Labute approximate surface area is 169 Å². The largest absolute Gasteiger partial charge is 0.446 e. The third-order valence-corrected chi connectivity index (χ3v) is 4.39. The number of aliphatic hydroxyl groups excluding tert-OH is 1. The fourth-order valence-electron chi connectivity index (χ4n) is 2.42. The topological polar surface area (TPSA) is 83.0 Å². The van der Waals surface area contributed by atoms with Crippen molar-refractivity contribution >= 4 is 29.2 Å². The number of alkyl halides is 3. The Morgan fingerprint density at radius 3 is 2.66 bits per heavy atom. The molecular formula is C19H18F3N5OS. The van der Waals surface area contributed by atoms with E-state index in [1.165, 1.54) is 18.2 Å². The van der Waals surface area contributed by atoms with Crippen LogP contribution in [0, 0.1) is 0 Å². The van der Waals surface area contributed by atoms with Gasteiger partial charge in [0, 0.05) is 40.6 Å². The summed E-state index contributed by atoms with van der Waals surface area (Å²) in [6.45, 7) is 1.66. The number of aromatic nitrogens is 3. The second-order valence-electron chi connectivity index (χ2n) is 6.13. The molecule has 0 aliphatic rings. The molecule has 0 saturated carbocycles. The molecule has 1 atom stereocenters. The molecule has 0 spiro atoms. The fraction of sp³-hybridized carbons (Fsp3) is 0.211. The Balaban J connectivity index is 1.92. The zero-order valence-corrected chi connectivity index (χ0v) is 16.1. The van der Waals surface area contributed by atoms with Crippen LogP contribution in [0.1, 0.15) is 6.92 Å². The number of anilines is 3. The van der Waals surface area contributed by atoms with Gasteiger partial charge in [0.2, 0.25) is 5.95 Å². The molecule has 0 bridgehead atoms. The number of hydrogen-bond acceptors (Lipinski definition) is 7. The maximum Gasteiger partial charge on any atom is 0.446 e. The number of thioether (sulfide) groups is 1. The molecule has 0 fully saturated rings. The minimum absolute atomic E-state index is 0.0660. The molecule has 3 N–H and O–H groups in total. The monoisotopic (exact) mass is 421 g/mol. The number of benzene rings is 1. The van der Waals surface area contributed by atoms with Crippen molar-refractivity contribution in [2.24, 2.45) is 0 Å². The molecule has 0 saturated heterocycles. The zero-order chi connectivity index (χ0) is 20.9. The van der Waals surface area contributed by atoms with Gasteiger partial charge in [-0.25, -0.2) is 4.98 Å². The van der Waals surface area contributed by atoms with Crippen LogP contribution >= 0.6 is 11.8 Å². The molecule has 0 radical (unpaired) electrons. The van der Waals surface area contributed by atoms with E-state index in [1.54, 1.807) is 37.5 Å². The predicted molar refractivity (Wildman–Crippen MR) is 107 cm³/mol. The van der Waals surface area contributed by atoms with E-state index in [1.807, 2.05) is 6.07 Å². The Hall–Kier alpha value is -2.85. The van der Waals surface area contributed by atoms with Crippen molar-refractivity contribution in [3.8, 4) is 11.3 Å². The van der Waals surface area contributed by atoms with Gasteiger partial charge in [-0.15, -0.1) is 0 Å². The summed E-state index contributed by atoms with van der Waals surface area (Å²) in [6, 6.07) is 11.0. The molecule has 2 heterocycles. The Morgan fingerprint density at radius 2 is 1.97 bits per heavy atom. The van der Waals surface area contributed by atoms with Crippen LogP contribution in [-0.4, -0.2) is 38.2 Å². The highest BCUT2D eigenvalue weighted by Gasteiger charge is 2.29. The highest BCUT2D eigenvalue weighted by atomic mass is 32.2. The first-order chi connectivity index (χ1) is 13.8. The lowest BCUT2D eigenvalue weighted by Gasteiger charge is -2.14. The number of nitrogens with zero attached hydrogens (tertiary/aromatic N) is 3. The molecule has 2 aromatic heterocycles. The van der Waals surface area contributed by atoms with Crippen molar-refractivity contribution in [1.82, 2.24) is 15.0 Å². The summed E-state index contributed by atoms with van der Waals surface area (Å²) in [5, 5.41) is 15.3. The van der Waals surface area contributed by atoms with E-state index in [9.17, 15) is 18.3 Å². The lowest BCUT2D eigenvalue weighted by atomic mass is 10.2.